The van der Waals surface area contributed by atoms with E-state index in [1.807, 2.05) is 0 Å². The zero-order valence-corrected chi connectivity index (χ0v) is 19.2. The Morgan fingerprint density at radius 2 is 1.64 bits per heavy atom. The monoisotopic (exact) mass is 478 g/mol. The standard InChI is InChI=1S/C21H22N2O9S/c1-5-30-20(26)16-12(4)17(21(27)31-6-2)33-18(16)22-15(24)10-32-19(25)13-7-8-14(23(28)29)11(3)9-13/h7-9H,5-6,10H2,1-4H3,(H,22,24). The van der Waals surface area contributed by atoms with E-state index in [9.17, 15) is 29.3 Å². The van der Waals surface area contributed by atoms with E-state index in [-0.39, 0.29) is 45.5 Å². The van der Waals surface area contributed by atoms with Crippen LogP contribution >= 0.6 is 11.3 Å². The number of esters is 3. The van der Waals surface area contributed by atoms with Gasteiger partial charge in [0.15, 0.2) is 6.61 Å². The zero-order chi connectivity index (χ0) is 24.7. The molecule has 0 aliphatic heterocycles. The first-order valence-corrected chi connectivity index (χ1v) is 10.6. The summed E-state index contributed by atoms with van der Waals surface area (Å²) in [4.78, 5) is 59.6. The molecule has 1 N–H and O–H groups in total. The van der Waals surface area contributed by atoms with Crippen molar-refractivity contribution in [2.24, 2.45) is 0 Å². The van der Waals surface area contributed by atoms with Crippen LogP contribution in [0, 0.1) is 24.0 Å². The largest absolute Gasteiger partial charge is 0.462 e. The molecule has 2 rings (SSSR count). The molecule has 2 aromatic rings. The summed E-state index contributed by atoms with van der Waals surface area (Å²) < 4.78 is 15.0. The number of nitro benzene ring substituents is 1. The third-order valence-electron chi connectivity index (χ3n) is 4.30. The molecule has 11 nitrogen and oxygen atoms in total. The van der Waals surface area contributed by atoms with E-state index in [1.165, 1.54) is 32.0 Å². The number of nitrogens with zero attached hydrogens (tertiary/aromatic N) is 1. The Kier molecular flexibility index (Phi) is 8.63. The third-order valence-corrected chi connectivity index (χ3v) is 5.49. The lowest BCUT2D eigenvalue weighted by Gasteiger charge is -2.08. The smallest absolute Gasteiger partial charge is 0.348 e. The number of nitrogens with one attached hydrogen (secondary N) is 1. The Bertz CT molecular complexity index is 1110. The van der Waals surface area contributed by atoms with Crippen molar-refractivity contribution in [3.63, 3.8) is 0 Å². The van der Waals surface area contributed by atoms with E-state index in [0.29, 0.717) is 5.56 Å². The van der Waals surface area contributed by atoms with Crippen LogP contribution < -0.4 is 5.32 Å². The van der Waals surface area contributed by atoms with Crippen LogP contribution in [0.15, 0.2) is 18.2 Å². The first kappa shape index (κ1) is 25.5. The van der Waals surface area contributed by atoms with Gasteiger partial charge in [-0.05, 0) is 45.4 Å². The van der Waals surface area contributed by atoms with Gasteiger partial charge in [0.2, 0.25) is 0 Å². The molecule has 1 aromatic carbocycles. The molecule has 176 valence electrons. The summed E-state index contributed by atoms with van der Waals surface area (Å²) in [5.74, 6) is -2.99. The molecule has 0 fully saturated rings. The van der Waals surface area contributed by atoms with Crippen molar-refractivity contribution in [2.75, 3.05) is 25.1 Å². The summed E-state index contributed by atoms with van der Waals surface area (Å²) in [7, 11) is 0. The van der Waals surface area contributed by atoms with Crippen LogP contribution in [0.3, 0.4) is 0 Å². The number of nitro groups is 1. The number of amides is 1. The number of rotatable bonds is 9. The van der Waals surface area contributed by atoms with Crippen molar-refractivity contribution in [3.8, 4) is 0 Å². The molecule has 0 atom stereocenters. The highest BCUT2D eigenvalue weighted by molar-refractivity contribution is 7.18. The number of benzene rings is 1. The van der Waals surface area contributed by atoms with Gasteiger partial charge >= 0.3 is 17.9 Å². The Morgan fingerprint density at radius 3 is 2.21 bits per heavy atom. The number of hydrogen-bond donors (Lipinski definition) is 1. The molecule has 12 heteroatoms. The Morgan fingerprint density at radius 1 is 1.00 bits per heavy atom. The van der Waals surface area contributed by atoms with E-state index >= 15 is 0 Å². The van der Waals surface area contributed by atoms with Gasteiger partial charge in [-0.2, -0.15) is 0 Å². The molecule has 1 heterocycles. The summed E-state index contributed by atoms with van der Waals surface area (Å²) >= 11 is 0.842. The van der Waals surface area contributed by atoms with Crippen molar-refractivity contribution >= 4 is 45.8 Å². The number of carbonyl (C=O) groups is 4. The fraction of sp³-hybridized carbons (Fsp3) is 0.333. The lowest BCUT2D eigenvalue weighted by atomic mass is 10.1. The second kappa shape index (κ2) is 11.2. The lowest BCUT2D eigenvalue weighted by Crippen LogP contribution is -2.21. The third kappa shape index (κ3) is 6.13. The van der Waals surface area contributed by atoms with Crippen LogP contribution in [-0.4, -0.2) is 48.6 Å². The predicted octanol–water partition coefficient (Wildman–Crippen LogP) is 3.42. The maximum absolute atomic E-state index is 12.4. The van der Waals surface area contributed by atoms with Gasteiger partial charge in [-0.1, -0.05) is 0 Å². The van der Waals surface area contributed by atoms with Crippen LogP contribution in [0.2, 0.25) is 0 Å². The molecule has 0 radical (unpaired) electrons. The van der Waals surface area contributed by atoms with E-state index < -0.39 is 35.3 Å². The normalized spacial score (nSPS) is 10.3. The first-order valence-electron chi connectivity index (χ1n) is 9.80. The molecular weight excluding hydrogens is 456 g/mol. The number of aryl methyl sites for hydroxylation is 1. The van der Waals surface area contributed by atoms with Crippen LogP contribution in [0.25, 0.3) is 0 Å². The van der Waals surface area contributed by atoms with Crippen molar-refractivity contribution in [2.45, 2.75) is 27.7 Å². The zero-order valence-electron chi connectivity index (χ0n) is 18.4. The van der Waals surface area contributed by atoms with E-state index in [0.717, 1.165) is 11.3 Å². The van der Waals surface area contributed by atoms with Gasteiger partial charge in [0.05, 0.1) is 29.3 Å². The van der Waals surface area contributed by atoms with Crippen molar-refractivity contribution < 1.29 is 38.3 Å². The Hall–Kier alpha value is -3.80. The molecule has 0 aliphatic rings. The minimum absolute atomic E-state index is 0.00979. The topological polar surface area (TPSA) is 151 Å². The van der Waals surface area contributed by atoms with Crippen LogP contribution in [-0.2, 0) is 19.0 Å². The van der Waals surface area contributed by atoms with Crippen LogP contribution in [0.1, 0.15) is 55.4 Å². The van der Waals surface area contributed by atoms with Crippen molar-refractivity contribution in [1.29, 1.82) is 0 Å². The summed E-state index contributed by atoms with van der Waals surface area (Å²) in [5, 5.41) is 13.4. The second-order valence-corrected chi connectivity index (χ2v) is 7.60. The molecule has 0 bridgehead atoms. The van der Waals surface area contributed by atoms with Gasteiger partial charge in [-0.25, -0.2) is 14.4 Å². The predicted molar refractivity (Wildman–Crippen MR) is 118 cm³/mol. The van der Waals surface area contributed by atoms with Gasteiger partial charge in [0, 0.05) is 11.6 Å². The minimum Gasteiger partial charge on any atom is -0.462 e. The molecule has 33 heavy (non-hydrogen) atoms. The van der Waals surface area contributed by atoms with E-state index in [4.69, 9.17) is 14.2 Å². The average Bonchev–Trinajstić information content (AvgIpc) is 3.07. The number of anilines is 1. The Balaban J connectivity index is 2.15. The second-order valence-electron chi connectivity index (χ2n) is 6.58. The highest BCUT2D eigenvalue weighted by Gasteiger charge is 2.27. The fourth-order valence-electron chi connectivity index (χ4n) is 2.81. The summed E-state index contributed by atoms with van der Waals surface area (Å²) in [6.07, 6.45) is 0. The first-order chi connectivity index (χ1) is 15.6. The molecule has 0 saturated heterocycles. The quantitative estimate of drug-likeness (QED) is 0.247. The summed E-state index contributed by atoms with van der Waals surface area (Å²) in [6.45, 7) is 5.77. The highest BCUT2D eigenvalue weighted by atomic mass is 32.1. The molecule has 0 saturated carbocycles. The maximum Gasteiger partial charge on any atom is 0.348 e. The van der Waals surface area contributed by atoms with Crippen LogP contribution in [0.4, 0.5) is 10.7 Å². The number of hydrogen-bond acceptors (Lipinski definition) is 10. The van der Waals surface area contributed by atoms with Gasteiger partial charge in [-0.15, -0.1) is 11.3 Å². The number of carbonyl (C=O) groups excluding carboxylic acids is 4. The molecule has 0 aliphatic carbocycles. The van der Waals surface area contributed by atoms with Gasteiger partial charge in [0.1, 0.15) is 9.88 Å². The fourth-order valence-corrected chi connectivity index (χ4v) is 3.91. The van der Waals surface area contributed by atoms with Crippen molar-refractivity contribution in [1.82, 2.24) is 0 Å². The summed E-state index contributed by atoms with van der Waals surface area (Å²) in [6, 6.07) is 3.67. The average molecular weight is 478 g/mol. The number of ether oxygens (including phenoxy) is 3. The SMILES string of the molecule is CCOC(=O)c1sc(NC(=O)COC(=O)c2ccc([N+](=O)[O-])c(C)c2)c(C(=O)OCC)c1C. The summed E-state index contributed by atoms with van der Waals surface area (Å²) in [5.41, 5.74) is 0.454. The molecular formula is C21H22N2O9S. The molecule has 0 spiro atoms. The molecule has 0 unspecified atom stereocenters. The molecule has 1 amide bonds. The van der Waals surface area contributed by atoms with Gasteiger partial charge in [0.25, 0.3) is 11.6 Å². The van der Waals surface area contributed by atoms with Gasteiger partial charge < -0.3 is 19.5 Å². The van der Waals surface area contributed by atoms with E-state index in [1.54, 1.807) is 13.8 Å². The highest BCUT2D eigenvalue weighted by Crippen LogP contribution is 2.34. The minimum atomic E-state index is -0.858. The lowest BCUT2D eigenvalue weighted by molar-refractivity contribution is -0.385. The Labute approximate surface area is 192 Å². The van der Waals surface area contributed by atoms with Crippen molar-refractivity contribution in [3.05, 3.63) is 55.4 Å². The molecule has 1 aromatic heterocycles. The van der Waals surface area contributed by atoms with E-state index in [2.05, 4.69) is 5.32 Å². The maximum atomic E-state index is 12.4. The van der Waals surface area contributed by atoms with Crippen LogP contribution in [0.5, 0.6) is 0 Å². The van der Waals surface area contributed by atoms with Gasteiger partial charge in [-0.3, -0.25) is 14.9 Å². The number of thiophene rings is 1.